The van der Waals surface area contributed by atoms with Crippen LogP contribution < -0.4 is 0 Å². The van der Waals surface area contributed by atoms with Gasteiger partial charge in [0.25, 0.3) is 0 Å². The summed E-state index contributed by atoms with van der Waals surface area (Å²) in [5, 5.41) is 56.7. The van der Waals surface area contributed by atoms with Crippen molar-refractivity contribution in [2.24, 2.45) is 0 Å². The molecular formula is C15H18O7. The summed E-state index contributed by atoms with van der Waals surface area (Å²) in [4.78, 5) is 12.0. The number of hydrogen-bond donors (Lipinski definition) is 6. The standard InChI is InChI=1S/C15H18O7/c16-11(5-9-1-3-14(19,20)7-12(9)17)6-10-2-4-15(21,22)8-13(10)18/h1-4,17-22H,5-8H2. The molecule has 0 bridgehead atoms. The molecule has 0 aliphatic heterocycles. The summed E-state index contributed by atoms with van der Waals surface area (Å²) < 4.78 is 0. The van der Waals surface area contributed by atoms with Crippen LogP contribution in [-0.2, 0) is 4.79 Å². The second kappa shape index (κ2) is 5.69. The van der Waals surface area contributed by atoms with Gasteiger partial charge in [0.05, 0.1) is 12.8 Å². The minimum absolute atomic E-state index is 0.133. The van der Waals surface area contributed by atoms with E-state index in [4.69, 9.17) is 0 Å². The first-order chi connectivity index (χ1) is 10.1. The fourth-order valence-electron chi connectivity index (χ4n) is 2.31. The van der Waals surface area contributed by atoms with Crippen molar-refractivity contribution in [3.63, 3.8) is 0 Å². The fourth-order valence-corrected chi connectivity index (χ4v) is 2.31. The Labute approximate surface area is 126 Å². The highest BCUT2D eigenvalue weighted by atomic mass is 16.5. The number of rotatable bonds is 4. The number of allylic oxidation sites excluding steroid dienone is 4. The average Bonchev–Trinajstić information content (AvgIpc) is 2.35. The van der Waals surface area contributed by atoms with Crippen LogP contribution in [0, 0.1) is 0 Å². The summed E-state index contributed by atoms with van der Waals surface area (Å²) in [5.41, 5.74) is 0.560. The topological polar surface area (TPSA) is 138 Å². The third kappa shape index (κ3) is 4.05. The molecule has 0 radical (unpaired) electrons. The monoisotopic (exact) mass is 310 g/mol. The van der Waals surface area contributed by atoms with E-state index >= 15 is 0 Å². The van der Waals surface area contributed by atoms with Crippen LogP contribution in [0.1, 0.15) is 25.7 Å². The van der Waals surface area contributed by atoms with Crippen molar-refractivity contribution in [2.45, 2.75) is 37.3 Å². The second-order valence-electron chi connectivity index (χ2n) is 5.61. The molecule has 0 amide bonds. The maximum absolute atomic E-state index is 12.0. The summed E-state index contributed by atoms with van der Waals surface area (Å²) in [7, 11) is 0. The molecule has 2 aliphatic carbocycles. The summed E-state index contributed by atoms with van der Waals surface area (Å²) in [6.07, 6.45) is 3.66. The maximum Gasteiger partial charge on any atom is 0.190 e. The SMILES string of the molecule is O=C(CC1=C(O)CC(O)(O)C=C1)CC1=C(O)CC(O)(O)C=C1. The molecule has 0 aromatic rings. The quantitative estimate of drug-likeness (QED) is 0.409. The van der Waals surface area contributed by atoms with Gasteiger partial charge in [-0.05, 0) is 23.3 Å². The highest BCUT2D eigenvalue weighted by molar-refractivity contribution is 5.84. The van der Waals surface area contributed by atoms with Gasteiger partial charge in [-0.2, -0.15) is 0 Å². The van der Waals surface area contributed by atoms with E-state index in [0.29, 0.717) is 0 Å². The molecule has 0 saturated heterocycles. The number of carbonyl (C=O) groups is 1. The van der Waals surface area contributed by atoms with E-state index in [0.717, 1.165) is 12.2 Å². The summed E-state index contributed by atoms with van der Waals surface area (Å²) in [6.45, 7) is 0. The van der Waals surface area contributed by atoms with Crippen LogP contribution in [0.5, 0.6) is 0 Å². The summed E-state index contributed by atoms with van der Waals surface area (Å²) >= 11 is 0. The van der Waals surface area contributed by atoms with E-state index in [1.807, 2.05) is 0 Å². The molecule has 0 saturated carbocycles. The number of carbonyl (C=O) groups excluding carboxylic acids is 1. The molecule has 0 aromatic carbocycles. The Morgan fingerprint density at radius 2 is 1.23 bits per heavy atom. The molecular weight excluding hydrogens is 292 g/mol. The zero-order valence-electron chi connectivity index (χ0n) is 11.7. The van der Waals surface area contributed by atoms with Crippen LogP contribution in [0.2, 0.25) is 0 Å². The van der Waals surface area contributed by atoms with Crippen LogP contribution in [0.4, 0.5) is 0 Å². The first-order valence-corrected chi connectivity index (χ1v) is 6.70. The van der Waals surface area contributed by atoms with Gasteiger partial charge in [-0.3, -0.25) is 4.79 Å². The molecule has 0 heterocycles. The molecule has 0 atom stereocenters. The minimum atomic E-state index is -2.12. The van der Waals surface area contributed by atoms with Gasteiger partial charge in [-0.1, -0.05) is 12.2 Å². The lowest BCUT2D eigenvalue weighted by Gasteiger charge is -2.23. The van der Waals surface area contributed by atoms with Gasteiger partial charge in [-0.15, -0.1) is 0 Å². The Morgan fingerprint density at radius 3 is 1.55 bits per heavy atom. The fraction of sp³-hybridized carbons (Fsp3) is 0.400. The number of hydrogen-bond acceptors (Lipinski definition) is 7. The Bertz CT molecular complexity index is 553. The van der Waals surface area contributed by atoms with E-state index in [9.17, 15) is 35.4 Å². The van der Waals surface area contributed by atoms with Crippen LogP contribution in [0.15, 0.2) is 47.0 Å². The van der Waals surface area contributed by atoms with Crippen molar-refractivity contribution in [2.75, 3.05) is 0 Å². The maximum atomic E-state index is 12.0. The zero-order chi connectivity index (χ0) is 16.5. The van der Waals surface area contributed by atoms with Crippen molar-refractivity contribution in [3.8, 4) is 0 Å². The van der Waals surface area contributed by atoms with Crippen molar-refractivity contribution < 1.29 is 35.4 Å². The second-order valence-corrected chi connectivity index (χ2v) is 5.61. The van der Waals surface area contributed by atoms with E-state index in [1.54, 1.807) is 0 Å². The van der Waals surface area contributed by atoms with Gasteiger partial charge in [0.15, 0.2) is 11.6 Å². The number of ketones is 1. The van der Waals surface area contributed by atoms with Crippen LogP contribution >= 0.6 is 0 Å². The molecule has 0 unspecified atom stereocenters. The molecule has 2 rings (SSSR count). The third-order valence-corrected chi connectivity index (χ3v) is 3.47. The first kappa shape index (κ1) is 16.4. The Balaban J connectivity index is 2.01. The molecule has 2 aliphatic rings. The van der Waals surface area contributed by atoms with Crippen LogP contribution in [0.25, 0.3) is 0 Å². The van der Waals surface area contributed by atoms with E-state index in [2.05, 4.69) is 0 Å². The Kier molecular flexibility index (Phi) is 4.25. The number of aliphatic hydroxyl groups excluding tert-OH is 2. The largest absolute Gasteiger partial charge is 0.512 e. The molecule has 120 valence electrons. The lowest BCUT2D eigenvalue weighted by molar-refractivity contribution is -0.124. The molecule has 0 spiro atoms. The Hall–Kier alpha value is -1.93. The molecule has 0 aromatic heterocycles. The van der Waals surface area contributed by atoms with Crippen molar-refractivity contribution in [1.82, 2.24) is 0 Å². The lowest BCUT2D eigenvalue weighted by Crippen LogP contribution is -2.29. The summed E-state index contributed by atoms with van der Waals surface area (Å²) in [6, 6.07) is 0. The smallest absolute Gasteiger partial charge is 0.190 e. The Morgan fingerprint density at radius 1 is 0.864 bits per heavy atom. The van der Waals surface area contributed by atoms with Gasteiger partial charge in [-0.25, -0.2) is 0 Å². The molecule has 7 heteroatoms. The van der Waals surface area contributed by atoms with Gasteiger partial charge in [0.2, 0.25) is 0 Å². The molecule has 7 nitrogen and oxygen atoms in total. The highest BCUT2D eigenvalue weighted by Crippen LogP contribution is 2.28. The van der Waals surface area contributed by atoms with Crippen molar-refractivity contribution >= 4 is 5.78 Å². The van der Waals surface area contributed by atoms with E-state index < -0.39 is 24.4 Å². The summed E-state index contributed by atoms with van der Waals surface area (Å²) in [5.74, 6) is -5.10. The third-order valence-electron chi connectivity index (χ3n) is 3.47. The highest BCUT2D eigenvalue weighted by Gasteiger charge is 2.29. The number of Topliss-reactive ketones (excluding diaryl/α,β-unsaturated/α-hetero) is 1. The molecule has 0 fully saturated rings. The predicted molar refractivity (Wildman–Crippen MR) is 75.4 cm³/mol. The minimum Gasteiger partial charge on any atom is -0.512 e. The van der Waals surface area contributed by atoms with Gasteiger partial charge in [0, 0.05) is 12.8 Å². The van der Waals surface area contributed by atoms with Crippen molar-refractivity contribution in [3.05, 3.63) is 47.0 Å². The van der Waals surface area contributed by atoms with Crippen molar-refractivity contribution in [1.29, 1.82) is 0 Å². The average molecular weight is 310 g/mol. The van der Waals surface area contributed by atoms with Crippen LogP contribution in [0.3, 0.4) is 0 Å². The van der Waals surface area contributed by atoms with Gasteiger partial charge < -0.3 is 30.6 Å². The predicted octanol–water partition coefficient (Wildman–Crippen LogP) is 0.241. The molecule has 22 heavy (non-hydrogen) atoms. The van der Waals surface area contributed by atoms with Crippen LogP contribution in [-0.4, -0.2) is 48.0 Å². The molecule has 6 N–H and O–H groups in total. The van der Waals surface area contributed by atoms with Gasteiger partial charge >= 0.3 is 0 Å². The first-order valence-electron chi connectivity index (χ1n) is 6.70. The lowest BCUT2D eigenvalue weighted by atomic mass is 9.92. The van der Waals surface area contributed by atoms with Gasteiger partial charge in [0.1, 0.15) is 17.3 Å². The van der Waals surface area contributed by atoms with E-state index in [1.165, 1.54) is 12.2 Å². The zero-order valence-corrected chi connectivity index (χ0v) is 11.7. The normalized spacial score (nSPS) is 23.1. The number of aliphatic hydroxyl groups is 6. The van der Waals surface area contributed by atoms with E-state index in [-0.39, 0.29) is 41.3 Å².